The summed E-state index contributed by atoms with van der Waals surface area (Å²) in [6.07, 6.45) is 4.87. The van der Waals surface area contributed by atoms with Crippen molar-refractivity contribution >= 4 is 29.5 Å². The SMILES string of the molecule is C[C@@]12CCC3(S1)C(C(=O)NCCN1CCOCC1)N(CCCCCCO)C(=O)[C@@H]3[C@@H]2C(=O)NCc1ccccc1. The molecule has 1 aromatic rings. The number of nitrogens with zero attached hydrogens (tertiary/aromatic N) is 2. The molecular formula is C30H44N4O5S. The van der Waals surface area contributed by atoms with Crippen molar-refractivity contribution in [3.8, 4) is 0 Å². The number of carbonyl (C=O) groups is 3. The molecule has 0 saturated carbocycles. The van der Waals surface area contributed by atoms with Gasteiger partial charge in [-0.2, -0.15) is 0 Å². The molecule has 10 heteroatoms. The number of amides is 3. The molecule has 40 heavy (non-hydrogen) atoms. The van der Waals surface area contributed by atoms with E-state index < -0.39 is 22.6 Å². The van der Waals surface area contributed by atoms with Crippen molar-refractivity contribution in [2.45, 2.75) is 67.5 Å². The van der Waals surface area contributed by atoms with Gasteiger partial charge in [-0.15, -0.1) is 11.8 Å². The Labute approximate surface area is 241 Å². The molecule has 2 unspecified atom stereocenters. The van der Waals surface area contributed by atoms with Gasteiger partial charge in [-0.05, 0) is 38.2 Å². The number of aliphatic hydroxyl groups excluding tert-OH is 1. The second kappa shape index (κ2) is 12.8. The van der Waals surface area contributed by atoms with Gasteiger partial charge in [0.05, 0.1) is 29.8 Å². The summed E-state index contributed by atoms with van der Waals surface area (Å²) < 4.78 is 4.47. The first-order chi connectivity index (χ1) is 19.4. The molecule has 1 spiro atoms. The molecule has 220 valence electrons. The van der Waals surface area contributed by atoms with E-state index in [0.717, 1.165) is 63.7 Å². The van der Waals surface area contributed by atoms with Crippen LogP contribution in [0.15, 0.2) is 30.3 Å². The van der Waals surface area contributed by atoms with E-state index in [9.17, 15) is 14.4 Å². The number of benzene rings is 1. The molecule has 4 aliphatic rings. The van der Waals surface area contributed by atoms with E-state index in [4.69, 9.17) is 9.84 Å². The van der Waals surface area contributed by atoms with Gasteiger partial charge < -0.3 is 25.4 Å². The van der Waals surface area contributed by atoms with Gasteiger partial charge >= 0.3 is 0 Å². The Hall–Kier alpha value is -2.14. The third-order valence-electron chi connectivity index (χ3n) is 9.26. The average molecular weight is 573 g/mol. The Morgan fingerprint density at radius 1 is 1.02 bits per heavy atom. The zero-order valence-corrected chi connectivity index (χ0v) is 24.4. The maximum Gasteiger partial charge on any atom is 0.244 e. The molecule has 9 nitrogen and oxygen atoms in total. The van der Waals surface area contributed by atoms with Gasteiger partial charge in [0.2, 0.25) is 17.7 Å². The molecular weight excluding hydrogens is 528 g/mol. The number of likely N-dealkylation sites (tertiary alicyclic amines) is 1. The number of nitrogens with one attached hydrogen (secondary N) is 2. The summed E-state index contributed by atoms with van der Waals surface area (Å²) in [4.78, 5) is 45.9. The van der Waals surface area contributed by atoms with E-state index in [0.29, 0.717) is 32.8 Å². The molecule has 3 N–H and O–H groups in total. The molecule has 4 saturated heterocycles. The molecule has 0 radical (unpaired) electrons. The molecule has 3 amide bonds. The first kappa shape index (κ1) is 29.4. The van der Waals surface area contributed by atoms with Gasteiger partial charge in [0.25, 0.3) is 0 Å². The standard InChI is InChI=1S/C30H44N4O5S/c1-29-11-12-30(40-29)24(23(29)26(36)32-21-22-9-5-4-6-10-22)28(38)34(14-7-2-3-8-18-35)25(30)27(37)31-13-15-33-16-19-39-20-17-33/h4-6,9-10,23-25,35H,2-3,7-8,11-21H2,1H3,(H,31,37)(H,32,36)/t23-,24+,25?,29+,30?/m1/s1. The lowest BCUT2D eigenvalue weighted by molar-refractivity contribution is -0.140. The van der Waals surface area contributed by atoms with Crippen LogP contribution in [0.4, 0.5) is 0 Å². The highest BCUT2D eigenvalue weighted by atomic mass is 32.2. The first-order valence-corrected chi connectivity index (χ1v) is 15.7. The second-order valence-electron chi connectivity index (χ2n) is 11.8. The number of rotatable bonds is 13. The highest BCUT2D eigenvalue weighted by Gasteiger charge is 2.76. The lowest BCUT2D eigenvalue weighted by atomic mass is 9.66. The monoisotopic (exact) mass is 572 g/mol. The normalized spacial score (nSPS) is 31.4. The van der Waals surface area contributed by atoms with Gasteiger partial charge in [0.1, 0.15) is 6.04 Å². The summed E-state index contributed by atoms with van der Waals surface area (Å²) in [6.45, 7) is 7.61. The minimum absolute atomic E-state index is 0.0497. The zero-order chi connectivity index (χ0) is 28.2. The predicted molar refractivity (Wildman–Crippen MR) is 155 cm³/mol. The van der Waals surface area contributed by atoms with Crippen molar-refractivity contribution in [2.75, 3.05) is 52.5 Å². The quantitative estimate of drug-likeness (QED) is 0.309. The van der Waals surface area contributed by atoms with Crippen LogP contribution in [-0.2, 0) is 25.7 Å². The Balaban J connectivity index is 1.33. The minimum Gasteiger partial charge on any atom is -0.396 e. The van der Waals surface area contributed by atoms with Crippen molar-refractivity contribution in [3.05, 3.63) is 35.9 Å². The summed E-state index contributed by atoms with van der Waals surface area (Å²) >= 11 is 1.72. The lowest BCUT2D eigenvalue weighted by Crippen LogP contribution is -2.55. The van der Waals surface area contributed by atoms with Gasteiger partial charge in [-0.25, -0.2) is 0 Å². The number of hydrogen-bond donors (Lipinski definition) is 3. The molecule has 4 heterocycles. The van der Waals surface area contributed by atoms with Crippen LogP contribution in [0.2, 0.25) is 0 Å². The van der Waals surface area contributed by atoms with Crippen LogP contribution in [0.25, 0.3) is 0 Å². The van der Waals surface area contributed by atoms with Gasteiger partial charge in [-0.3, -0.25) is 19.3 Å². The van der Waals surface area contributed by atoms with Gasteiger partial charge in [0, 0.05) is 50.6 Å². The third kappa shape index (κ3) is 5.78. The summed E-state index contributed by atoms with van der Waals surface area (Å²) in [5.74, 6) is -1.20. The van der Waals surface area contributed by atoms with Crippen LogP contribution in [0.3, 0.4) is 0 Å². The third-order valence-corrected chi connectivity index (χ3v) is 11.2. The molecule has 4 aliphatic heterocycles. The maximum atomic E-state index is 14.1. The van der Waals surface area contributed by atoms with Crippen LogP contribution >= 0.6 is 11.8 Å². The van der Waals surface area contributed by atoms with Crippen LogP contribution in [0, 0.1) is 11.8 Å². The number of unbranched alkanes of at least 4 members (excludes halogenated alkanes) is 3. The number of carbonyl (C=O) groups excluding carboxylic acids is 3. The van der Waals surface area contributed by atoms with Gasteiger partial charge in [-0.1, -0.05) is 43.2 Å². The number of ether oxygens (including phenoxy) is 1. The Morgan fingerprint density at radius 3 is 2.52 bits per heavy atom. The molecule has 2 bridgehead atoms. The largest absolute Gasteiger partial charge is 0.396 e. The van der Waals surface area contributed by atoms with Crippen molar-refractivity contribution < 1.29 is 24.2 Å². The van der Waals surface area contributed by atoms with E-state index in [2.05, 4.69) is 22.5 Å². The summed E-state index contributed by atoms with van der Waals surface area (Å²) in [5, 5.41) is 15.4. The number of aliphatic hydroxyl groups is 1. The highest BCUT2D eigenvalue weighted by Crippen LogP contribution is 2.71. The topological polar surface area (TPSA) is 111 Å². The fourth-order valence-electron chi connectivity index (χ4n) is 7.27. The number of morpholine rings is 1. The molecule has 4 fully saturated rings. The Morgan fingerprint density at radius 2 is 1.77 bits per heavy atom. The van der Waals surface area contributed by atoms with Crippen molar-refractivity contribution in [1.29, 1.82) is 0 Å². The molecule has 5 atom stereocenters. The van der Waals surface area contributed by atoms with Gasteiger partial charge in [0.15, 0.2) is 0 Å². The second-order valence-corrected chi connectivity index (χ2v) is 13.7. The van der Waals surface area contributed by atoms with Crippen molar-refractivity contribution in [1.82, 2.24) is 20.4 Å². The van der Waals surface area contributed by atoms with Crippen LogP contribution < -0.4 is 10.6 Å². The molecule has 1 aromatic carbocycles. The Kier molecular flexibility index (Phi) is 9.39. The van der Waals surface area contributed by atoms with Crippen LogP contribution in [-0.4, -0.2) is 101 Å². The van der Waals surface area contributed by atoms with Crippen LogP contribution in [0.5, 0.6) is 0 Å². The summed E-state index contributed by atoms with van der Waals surface area (Å²) in [5.41, 5.74) is 1.02. The number of hydrogen-bond acceptors (Lipinski definition) is 7. The smallest absolute Gasteiger partial charge is 0.244 e. The number of thioether (sulfide) groups is 1. The lowest BCUT2D eigenvalue weighted by Gasteiger charge is -2.35. The minimum atomic E-state index is -0.589. The Bertz CT molecular complexity index is 1050. The summed E-state index contributed by atoms with van der Waals surface area (Å²) in [7, 11) is 0. The fourth-order valence-corrected chi connectivity index (χ4v) is 9.63. The maximum absolute atomic E-state index is 14.1. The van der Waals surface area contributed by atoms with Crippen LogP contribution in [0.1, 0.15) is 51.0 Å². The van der Waals surface area contributed by atoms with E-state index in [1.165, 1.54) is 0 Å². The van der Waals surface area contributed by atoms with E-state index >= 15 is 0 Å². The molecule has 5 rings (SSSR count). The molecule has 0 aliphatic carbocycles. The number of fused-ring (bicyclic) bond motifs is 1. The van der Waals surface area contributed by atoms with Crippen molar-refractivity contribution in [2.24, 2.45) is 11.8 Å². The predicted octanol–water partition coefficient (Wildman–Crippen LogP) is 1.79. The van der Waals surface area contributed by atoms with E-state index in [1.807, 2.05) is 30.3 Å². The molecule has 0 aromatic heterocycles. The zero-order valence-electron chi connectivity index (χ0n) is 23.6. The highest BCUT2D eigenvalue weighted by molar-refractivity contribution is 8.02. The van der Waals surface area contributed by atoms with E-state index in [-0.39, 0.29) is 29.1 Å². The van der Waals surface area contributed by atoms with E-state index in [1.54, 1.807) is 16.7 Å². The average Bonchev–Trinajstić information content (AvgIpc) is 3.53. The van der Waals surface area contributed by atoms with Crippen molar-refractivity contribution in [3.63, 3.8) is 0 Å². The summed E-state index contributed by atoms with van der Waals surface area (Å²) in [6, 6.07) is 9.24. The fraction of sp³-hybridized carbons (Fsp3) is 0.700. The first-order valence-electron chi connectivity index (χ1n) is 14.9.